The van der Waals surface area contributed by atoms with E-state index in [9.17, 15) is 9.59 Å². The van der Waals surface area contributed by atoms with Crippen molar-refractivity contribution in [2.75, 3.05) is 0 Å². The molecule has 5 rings (SSSR count). The summed E-state index contributed by atoms with van der Waals surface area (Å²) in [4.78, 5) is 31.9. The molecule has 1 aliphatic carbocycles. The van der Waals surface area contributed by atoms with Crippen LogP contribution in [-0.4, -0.2) is 21.7 Å². The van der Waals surface area contributed by atoms with Crippen molar-refractivity contribution in [2.24, 2.45) is 11.0 Å². The molecule has 0 aliphatic heterocycles. The van der Waals surface area contributed by atoms with Gasteiger partial charge in [-0.1, -0.05) is 49.4 Å². The Balaban J connectivity index is 1.34. The first-order chi connectivity index (χ1) is 15.1. The third-order valence-corrected chi connectivity index (χ3v) is 6.97. The van der Waals surface area contributed by atoms with E-state index in [0.29, 0.717) is 11.3 Å². The Morgan fingerprint density at radius 3 is 3.03 bits per heavy atom. The number of nitrogens with one attached hydrogen (secondary N) is 1. The molecule has 0 saturated carbocycles. The van der Waals surface area contributed by atoms with Crippen molar-refractivity contribution in [3.05, 3.63) is 75.1 Å². The average molecular weight is 431 g/mol. The number of hydrogen-bond donors (Lipinski definition) is 1. The summed E-state index contributed by atoms with van der Waals surface area (Å²) < 4.78 is 1.37. The molecular formula is C24H22N4O2S. The maximum atomic E-state index is 13.0. The van der Waals surface area contributed by atoms with Gasteiger partial charge in [0.1, 0.15) is 11.4 Å². The number of hydrogen-bond acceptors (Lipinski definition) is 5. The number of aromatic nitrogens is 2. The van der Waals surface area contributed by atoms with E-state index in [0.717, 1.165) is 46.0 Å². The predicted molar refractivity (Wildman–Crippen MR) is 125 cm³/mol. The Bertz CT molecular complexity index is 1380. The molecule has 156 valence electrons. The van der Waals surface area contributed by atoms with Gasteiger partial charge in [0.25, 0.3) is 11.5 Å². The molecule has 0 bridgehead atoms. The second kappa shape index (κ2) is 8.07. The number of amides is 1. The molecule has 1 unspecified atom stereocenters. The quantitative estimate of drug-likeness (QED) is 0.394. The largest absolute Gasteiger partial charge is 0.289 e. The maximum absolute atomic E-state index is 13.0. The summed E-state index contributed by atoms with van der Waals surface area (Å²) in [5.74, 6) is 0.269. The van der Waals surface area contributed by atoms with Crippen molar-refractivity contribution < 1.29 is 4.79 Å². The standard InChI is InChI=1S/C24H22N4O2S/c1-15-9-10-19-20(11-15)31-23-22(19)24(30)28(14-25-23)13-21(29)27-26-12-17-7-4-6-16-5-2-3-8-18(16)17/h2-8,12,14-15H,9-11,13H2,1H3,(H,27,29). The van der Waals surface area contributed by atoms with Crippen LogP contribution >= 0.6 is 11.3 Å². The van der Waals surface area contributed by atoms with Gasteiger partial charge in [0.05, 0.1) is 17.9 Å². The summed E-state index contributed by atoms with van der Waals surface area (Å²) in [5, 5.41) is 6.94. The van der Waals surface area contributed by atoms with Gasteiger partial charge in [0.2, 0.25) is 0 Å². The highest BCUT2D eigenvalue weighted by atomic mass is 32.1. The lowest BCUT2D eigenvalue weighted by molar-refractivity contribution is -0.121. The van der Waals surface area contributed by atoms with Crippen LogP contribution in [0.5, 0.6) is 0 Å². The monoisotopic (exact) mass is 430 g/mol. The zero-order valence-corrected chi connectivity index (χ0v) is 18.0. The van der Waals surface area contributed by atoms with Crippen LogP contribution in [0.4, 0.5) is 0 Å². The molecule has 1 atom stereocenters. The molecule has 0 spiro atoms. The first-order valence-corrected chi connectivity index (χ1v) is 11.2. The van der Waals surface area contributed by atoms with E-state index in [1.165, 1.54) is 15.8 Å². The lowest BCUT2D eigenvalue weighted by Gasteiger charge is -2.17. The number of nitrogens with zero attached hydrogens (tertiary/aromatic N) is 3. The van der Waals surface area contributed by atoms with Crippen LogP contribution < -0.4 is 11.0 Å². The van der Waals surface area contributed by atoms with Gasteiger partial charge < -0.3 is 0 Å². The molecule has 7 heteroatoms. The summed E-state index contributed by atoms with van der Waals surface area (Å²) in [6.45, 7) is 2.12. The zero-order chi connectivity index (χ0) is 21.4. The van der Waals surface area contributed by atoms with Gasteiger partial charge in [0.15, 0.2) is 0 Å². The fourth-order valence-electron chi connectivity index (χ4n) is 4.21. The molecule has 2 heterocycles. The van der Waals surface area contributed by atoms with Crippen molar-refractivity contribution in [1.82, 2.24) is 15.0 Å². The fourth-order valence-corrected chi connectivity index (χ4v) is 5.55. The Kier molecular flexibility index (Phi) is 5.11. The third kappa shape index (κ3) is 3.77. The van der Waals surface area contributed by atoms with Crippen molar-refractivity contribution in [1.29, 1.82) is 0 Å². The van der Waals surface area contributed by atoms with E-state index in [-0.39, 0.29) is 18.0 Å². The summed E-state index contributed by atoms with van der Waals surface area (Å²) in [7, 11) is 0. The second-order valence-corrected chi connectivity index (χ2v) is 9.15. The topological polar surface area (TPSA) is 76.3 Å². The molecule has 2 aromatic heterocycles. The van der Waals surface area contributed by atoms with Crippen LogP contribution in [0.1, 0.15) is 29.3 Å². The lowest BCUT2D eigenvalue weighted by Crippen LogP contribution is -2.30. The van der Waals surface area contributed by atoms with Crippen LogP contribution in [-0.2, 0) is 24.2 Å². The molecule has 2 aromatic carbocycles. The summed E-state index contributed by atoms with van der Waals surface area (Å²) in [6.07, 6.45) is 6.07. The average Bonchev–Trinajstić information content (AvgIpc) is 3.14. The molecule has 0 radical (unpaired) electrons. The first-order valence-electron chi connectivity index (χ1n) is 10.4. The Morgan fingerprint density at radius 1 is 1.29 bits per heavy atom. The highest BCUT2D eigenvalue weighted by Crippen LogP contribution is 2.35. The summed E-state index contributed by atoms with van der Waals surface area (Å²) in [6, 6.07) is 13.9. The maximum Gasteiger partial charge on any atom is 0.262 e. The van der Waals surface area contributed by atoms with Crippen molar-refractivity contribution in [3.8, 4) is 0 Å². The van der Waals surface area contributed by atoms with Crippen molar-refractivity contribution in [3.63, 3.8) is 0 Å². The zero-order valence-electron chi connectivity index (χ0n) is 17.2. The van der Waals surface area contributed by atoms with Gasteiger partial charge in [-0.05, 0) is 41.5 Å². The van der Waals surface area contributed by atoms with Crippen LogP contribution in [0.15, 0.2) is 58.7 Å². The highest BCUT2D eigenvalue weighted by molar-refractivity contribution is 7.18. The number of benzene rings is 2. The molecular weight excluding hydrogens is 408 g/mol. The summed E-state index contributed by atoms with van der Waals surface area (Å²) in [5.41, 5.74) is 4.42. The number of thiophene rings is 1. The van der Waals surface area contributed by atoms with Gasteiger partial charge in [-0.2, -0.15) is 5.10 Å². The van der Waals surface area contributed by atoms with E-state index in [2.05, 4.69) is 22.4 Å². The van der Waals surface area contributed by atoms with Gasteiger partial charge in [-0.15, -0.1) is 11.3 Å². The Hall–Kier alpha value is -3.32. The normalized spacial score (nSPS) is 16.1. The SMILES string of the molecule is CC1CCc2c(sc3ncn(CC(=O)NN=Cc4cccc5ccccc45)c(=O)c23)C1. The number of rotatable bonds is 4. The number of hydrazone groups is 1. The molecule has 1 N–H and O–H groups in total. The lowest BCUT2D eigenvalue weighted by atomic mass is 9.89. The Morgan fingerprint density at radius 2 is 2.13 bits per heavy atom. The van der Waals surface area contributed by atoms with E-state index in [1.54, 1.807) is 17.6 Å². The van der Waals surface area contributed by atoms with E-state index in [4.69, 9.17) is 0 Å². The van der Waals surface area contributed by atoms with Crippen LogP contribution in [0.2, 0.25) is 0 Å². The van der Waals surface area contributed by atoms with Crippen molar-refractivity contribution >= 4 is 44.4 Å². The van der Waals surface area contributed by atoms with Crippen LogP contribution in [0, 0.1) is 5.92 Å². The molecule has 0 saturated heterocycles. The smallest absolute Gasteiger partial charge is 0.262 e. The van der Waals surface area contributed by atoms with E-state index >= 15 is 0 Å². The molecule has 1 aliphatic rings. The summed E-state index contributed by atoms with van der Waals surface area (Å²) >= 11 is 1.61. The molecule has 4 aromatic rings. The number of carbonyl (C=O) groups excluding carboxylic acids is 1. The Labute approximate surface area is 183 Å². The second-order valence-electron chi connectivity index (χ2n) is 8.07. The number of aryl methyl sites for hydroxylation is 1. The minimum Gasteiger partial charge on any atom is -0.289 e. The molecule has 6 nitrogen and oxygen atoms in total. The van der Waals surface area contributed by atoms with Crippen LogP contribution in [0.3, 0.4) is 0 Å². The molecule has 0 fully saturated rings. The van der Waals surface area contributed by atoms with Crippen molar-refractivity contribution in [2.45, 2.75) is 32.7 Å². The van der Waals surface area contributed by atoms with Gasteiger partial charge in [0, 0.05) is 10.4 Å². The third-order valence-electron chi connectivity index (χ3n) is 5.81. The first kappa shape index (κ1) is 19.6. The number of carbonyl (C=O) groups is 1. The minimum atomic E-state index is -0.363. The fraction of sp³-hybridized carbons (Fsp3) is 0.250. The minimum absolute atomic E-state index is 0.115. The molecule has 31 heavy (non-hydrogen) atoms. The number of fused-ring (bicyclic) bond motifs is 4. The molecule has 1 amide bonds. The van der Waals surface area contributed by atoms with Gasteiger partial charge in [-0.25, -0.2) is 10.4 Å². The highest BCUT2D eigenvalue weighted by Gasteiger charge is 2.23. The predicted octanol–water partition coefficient (Wildman–Crippen LogP) is 3.89. The van der Waals surface area contributed by atoms with E-state index < -0.39 is 0 Å². The van der Waals surface area contributed by atoms with E-state index in [1.807, 2.05) is 42.5 Å². The van der Waals surface area contributed by atoms with Gasteiger partial charge >= 0.3 is 0 Å². The van der Waals surface area contributed by atoms with Crippen LogP contribution in [0.25, 0.3) is 21.0 Å². The van der Waals surface area contributed by atoms with Gasteiger partial charge in [-0.3, -0.25) is 14.2 Å².